The minimum absolute atomic E-state index is 0.0370. The van der Waals surface area contributed by atoms with Crippen molar-refractivity contribution in [2.75, 3.05) is 26.2 Å². The Morgan fingerprint density at radius 1 is 1.29 bits per heavy atom. The number of hydrogen-bond acceptors (Lipinski definition) is 4. The van der Waals surface area contributed by atoms with Gasteiger partial charge in [-0.25, -0.2) is 0 Å². The van der Waals surface area contributed by atoms with Gasteiger partial charge in [-0.15, -0.1) is 0 Å². The molecule has 1 aliphatic rings. The number of amides is 3. The first-order chi connectivity index (χ1) is 9.97. The predicted octanol–water partition coefficient (Wildman–Crippen LogP) is 0.0828. The largest absolute Gasteiger partial charge is 0.369 e. The predicted molar refractivity (Wildman–Crippen MR) is 79.5 cm³/mol. The van der Waals surface area contributed by atoms with Crippen LogP contribution < -0.4 is 5.73 Å². The Labute approximate surface area is 127 Å². The van der Waals surface area contributed by atoms with Gasteiger partial charge in [0.1, 0.15) is 0 Å². The van der Waals surface area contributed by atoms with Gasteiger partial charge in [0.25, 0.3) is 0 Å². The SMILES string of the molecule is CC(=O)N1CCN(C(=O)Cc2ccsc2)C[C@@H](C(N)=O)C1. The topological polar surface area (TPSA) is 83.7 Å². The van der Waals surface area contributed by atoms with E-state index in [1.807, 2.05) is 16.8 Å². The first kappa shape index (κ1) is 15.5. The van der Waals surface area contributed by atoms with Crippen LogP contribution in [0, 0.1) is 5.92 Å². The van der Waals surface area contributed by atoms with Gasteiger partial charge in [0.2, 0.25) is 17.7 Å². The maximum absolute atomic E-state index is 12.3. The molecule has 0 unspecified atom stereocenters. The van der Waals surface area contributed by atoms with Crippen LogP contribution in [-0.2, 0) is 20.8 Å². The quantitative estimate of drug-likeness (QED) is 0.858. The third-order valence-corrected chi connectivity index (χ3v) is 4.39. The van der Waals surface area contributed by atoms with Crippen molar-refractivity contribution in [1.29, 1.82) is 0 Å². The fourth-order valence-electron chi connectivity index (χ4n) is 2.39. The van der Waals surface area contributed by atoms with E-state index in [-0.39, 0.29) is 24.9 Å². The lowest BCUT2D eigenvalue weighted by Gasteiger charge is -2.22. The standard InChI is InChI=1S/C14H19N3O3S/c1-10(18)16-3-4-17(8-12(7-16)14(15)20)13(19)6-11-2-5-21-9-11/h2,5,9,12H,3-4,6-8H2,1H3,(H2,15,20)/t12-/m0/s1. The normalized spacial score (nSPS) is 19.2. The lowest BCUT2D eigenvalue weighted by molar-refractivity contribution is -0.132. The summed E-state index contributed by atoms with van der Waals surface area (Å²) in [5.41, 5.74) is 6.35. The maximum Gasteiger partial charge on any atom is 0.227 e. The van der Waals surface area contributed by atoms with Crippen LogP contribution >= 0.6 is 11.3 Å². The Morgan fingerprint density at radius 2 is 1.95 bits per heavy atom. The molecule has 21 heavy (non-hydrogen) atoms. The van der Waals surface area contributed by atoms with Gasteiger partial charge < -0.3 is 15.5 Å². The van der Waals surface area contributed by atoms with E-state index in [0.29, 0.717) is 19.5 Å². The van der Waals surface area contributed by atoms with Gasteiger partial charge in [0.05, 0.1) is 12.3 Å². The molecule has 0 saturated carbocycles. The average molecular weight is 309 g/mol. The van der Waals surface area contributed by atoms with Gasteiger partial charge in [-0.3, -0.25) is 14.4 Å². The highest BCUT2D eigenvalue weighted by Crippen LogP contribution is 2.13. The van der Waals surface area contributed by atoms with Crippen LogP contribution in [0.15, 0.2) is 16.8 Å². The second-order valence-corrected chi connectivity index (χ2v) is 5.99. The minimum Gasteiger partial charge on any atom is -0.369 e. The van der Waals surface area contributed by atoms with Crippen molar-refractivity contribution in [2.24, 2.45) is 11.7 Å². The molecule has 1 atom stereocenters. The Morgan fingerprint density at radius 3 is 2.52 bits per heavy atom. The first-order valence-electron chi connectivity index (χ1n) is 6.81. The third kappa shape index (κ3) is 4.04. The van der Waals surface area contributed by atoms with Crippen LogP contribution in [0.25, 0.3) is 0 Å². The molecule has 1 fully saturated rings. The molecule has 1 aliphatic heterocycles. The number of nitrogens with two attached hydrogens (primary N) is 1. The maximum atomic E-state index is 12.3. The van der Waals surface area contributed by atoms with Gasteiger partial charge >= 0.3 is 0 Å². The minimum atomic E-state index is -0.511. The van der Waals surface area contributed by atoms with Gasteiger partial charge in [-0.1, -0.05) is 0 Å². The highest BCUT2D eigenvalue weighted by molar-refractivity contribution is 7.07. The fraction of sp³-hybridized carbons (Fsp3) is 0.500. The Hall–Kier alpha value is -1.89. The molecule has 114 valence electrons. The third-order valence-electron chi connectivity index (χ3n) is 3.66. The molecule has 0 spiro atoms. The molecule has 3 amide bonds. The smallest absolute Gasteiger partial charge is 0.227 e. The molecular weight excluding hydrogens is 290 g/mol. The Kier molecular flexibility index (Phi) is 4.95. The van der Waals surface area contributed by atoms with Crippen molar-refractivity contribution in [3.8, 4) is 0 Å². The van der Waals surface area contributed by atoms with Gasteiger partial charge in [-0.05, 0) is 22.4 Å². The zero-order chi connectivity index (χ0) is 15.4. The summed E-state index contributed by atoms with van der Waals surface area (Å²) in [6, 6.07) is 1.91. The number of rotatable bonds is 3. The summed E-state index contributed by atoms with van der Waals surface area (Å²) < 4.78 is 0. The Balaban J connectivity index is 2.06. The van der Waals surface area contributed by atoms with Crippen molar-refractivity contribution < 1.29 is 14.4 Å². The van der Waals surface area contributed by atoms with Crippen LogP contribution in [0.4, 0.5) is 0 Å². The molecule has 6 nitrogen and oxygen atoms in total. The number of carbonyl (C=O) groups is 3. The number of carbonyl (C=O) groups excluding carboxylic acids is 3. The van der Waals surface area contributed by atoms with E-state index in [1.54, 1.807) is 21.1 Å². The zero-order valence-corrected chi connectivity index (χ0v) is 12.8. The molecule has 7 heteroatoms. The summed E-state index contributed by atoms with van der Waals surface area (Å²) in [5.74, 6) is -1.13. The van der Waals surface area contributed by atoms with Crippen LogP contribution in [0.2, 0.25) is 0 Å². The zero-order valence-electron chi connectivity index (χ0n) is 11.9. The first-order valence-corrected chi connectivity index (χ1v) is 7.75. The molecule has 2 N–H and O–H groups in total. The van der Waals surface area contributed by atoms with Crippen molar-refractivity contribution in [1.82, 2.24) is 9.80 Å². The molecule has 2 heterocycles. The molecule has 0 aromatic carbocycles. The van der Waals surface area contributed by atoms with Crippen molar-refractivity contribution in [3.05, 3.63) is 22.4 Å². The summed E-state index contributed by atoms with van der Waals surface area (Å²) in [5, 5.41) is 3.86. The number of hydrogen-bond donors (Lipinski definition) is 1. The second kappa shape index (κ2) is 6.71. The van der Waals surface area contributed by atoms with E-state index < -0.39 is 11.8 Å². The van der Waals surface area contributed by atoms with E-state index in [9.17, 15) is 14.4 Å². The number of thiophene rings is 1. The van der Waals surface area contributed by atoms with Gasteiger partial charge in [0.15, 0.2) is 0 Å². The van der Waals surface area contributed by atoms with Crippen molar-refractivity contribution in [3.63, 3.8) is 0 Å². The van der Waals surface area contributed by atoms with Crippen LogP contribution in [-0.4, -0.2) is 53.7 Å². The van der Waals surface area contributed by atoms with Crippen molar-refractivity contribution >= 4 is 29.1 Å². The molecule has 1 saturated heterocycles. The van der Waals surface area contributed by atoms with E-state index in [4.69, 9.17) is 5.73 Å². The highest BCUT2D eigenvalue weighted by Gasteiger charge is 2.29. The molecule has 0 aliphatic carbocycles. The van der Waals surface area contributed by atoms with E-state index in [0.717, 1.165) is 5.56 Å². The van der Waals surface area contributed by atoms with E-state index >= 15 is 0 Å². The summed E-state index contributed by atoms with van der Waals surface area (Å²) in [7, 11) is 0. The monoisotopic (exact) mass is 309 g/mol. The summed E-state index contributed by atoms with van der Waals surface area (Å²) in [6.07, 6.45) is 0.315. The molecular formula is C14H19N3O3S. The molecule has 2 rings (SSSR count). The summed E-state index contributed by atoms with van der Waals surface area (Å²) in [4.78, 5) is 38.6. The Bertz CT molecular complexity index is 530. The lowest BCUT2D eigenvalue weighted by Crippen LogP contribution is -2.41. The van der Waals surface area contributed by atoms with E-state index in [1.165, 1.54) is 6.92 Å². The highest BCUT2D eigenvalue weighted by atomic mass is 32.1. The molecule has 0 bridgehead atoms. The van der Waals surface area contributed by atoms with Crippen LogP contribution in [0.5, 0.6) is 0 Å². The summed E-state index contributed by atoms with van der Waals surface area (Å²) >= 11 is 1.54. The van der Waals surface area contributed by atoms with E-state index in [2.05, 4.69) is 0 Å². The molecule has 0 radical (unpaired) electrons. The van der Waals surface area contributed by atoms with Gasteiger partial charge in [-0.2, -0.15) is 11.3 Å². The van der Waals surface area contributed by atoms with Crippen LogP contribution in [0.1, 0.15) is 12.5 Å². The average Bonchev–Trinajstić information content (AvgIpc) is 2.80. The second-order valence-electron chi connectivity index (χ2n) is 5.21. The lowest BCUT2D eigenvalue weighted by atomic mass is 10.1. The molecule has 1 aromatic rings. The van der Waals surface area contributed by atoms with Crippen LogP contribution in [0.3, 0.4) is 0 Å². The van der Waals surface area contributed by atoms with Crippen molar-refractivity contribution in [2.45, 2.75) is 13.3 Å². The number of nitrogens with zero attached hydrogens (tertiary/aromatic N) is 2. The fourth-order valence-corrected chi connectivity index (χ4v) is 3.05. The molecule has 1 aromatic heterocycles. The summed E-state index contributed by atoms with van der Waals surface area (Å²) in [6.45, 7) is 2.90. The van der Waals surface area contributed by atoms with Gasteiger partial charge in [0, 0.05) is 33.1 Å². The number of primary amides is 1.